The number of sulfonamides is 1. The lowest BCUT2D eigenvalue weighted by Crippen LogP contribution is -2.59. The molecule has 0 radical (unpaired) electrons. The largest absolute Gasteiger partial charge is 0.507 e. The van der Waals surface area contributed by atoms with Gasteiger partial charge < -0.3 is 51.4 Å². The molecule has 7 N–H and O–H groups in total. The van der Waals surface area contributed by atoms with Gasteiger partial charge in [0.25, 0.3) is 5.91 Å². The normalized spacial score (nSPS) is 18.3. The molecule has 7 aromatic rings. The molecule has 0 saturated carbocycles. The van der Waals surface area contributed by atoms with Crippen molar-refractivity contribution >= 4 is 50.4 Å². The third kappa shape index (κ3) is 11.7. The van der Waals surface area contributed by atoms with Gasteiger partial charge in [-0.1, -0.05) is 66.7 Å². The predicted molar refractivity (Wildman–Crippen MR) is 310 cm³/mol. The van der Waals surface area contributed by atoms with Gasteiger partial charge in [-0.3, -0.25) is 14.6 Å². The summed E-state index contributed by atoms with van der Waals surface area (Å²) in [5.74, 6) is 0.753. The molecule has 80 heavy (non-hydrogen) atoms. The Morgan fingerprint density at radius 2 is 1.09 bits per heavy atom. The number of ether oxygens (including phenoxy) is 2. The number of nitrogen functional groups attached to an aromatic ring is 3. The summed E-state index contributed by atoms with van der Waals surface area (Å²) in [6, 6.07) is 37.0. The fourth-order valence-corrected chi connectivity index (χ4v) is 12.2. The van der Waals surface area contributed by atoms with Gasteiger partial charge in [0.15, 0.2) is 17.5 Å². The number of aromatic nitrogens is 6. The lowest BCUT2D eigenvalue weighted by Gasteiger charge is -2.42. The molecule has 0 bridgehead atoms. The number of hydrogen-bond acceptors (Lipinski definition) is 20. The zero-order chi connectivity index (χ0) is 56.2. The Morgan fingerprint density at radius 3 is 1.65 bits per heavy atom. The minimum atomic E-state index is -3.95. The van der Waals surface area contributed by atoms with Gasteiger partial charge in [0.2, 0.25) is 22.2 Å². The van der Waals surface area contributed by atoms with Gasteiger partial charge in [0.05, 0.1) is 34.1 Å². The molecule has 6 heterocycles. The summed E-state index contributed by atoms with van der Waals surface area (Å²) in [6.07, 6.45) is -1.01. The minimum absolute atomic E-state index is 0.0822. The lowest BCUT2D eigenvalue weighted by atomic mass is 10.1. The Kier molecular flexibility index (Phi) is 16.2. The van der Waals surface area contributed by atoms with Crippen LogP contribution >= 0.6 is 0 Å². The highest BCUT2D eigenvalue weighted by Gasteiger charge is 2.37. The van der Waals surface area contributed by atoms with E-state index >= 15 is 0 Å². The van der Waals surface area contributed by atoms with E-state index in [2.05, 4.69) is 76.5 Å². The van der Waals surface area contributed by atoms with Crippen molar-refractivity contribution < 1.29 is 27.8 Å². The molecule has 0 aliphatic carbocycles. The van der Waals surface area contributed by atoms with Crippen LogP contribution in [0, 0.1) is 0 Å². The van der Waals surface area contributed by atoms with Gasteiger partial charge in [-0.15, -0.1) is 30.6 Å². The van der Waals surface area contributed by atoms with E-state index in [0.29, 0.717) is 95.2 Å². The zero-order valence-electron chi connectivity index (χ0n) is 45.6. The Bertz CT molecular complexity index is 3440. The number of carbonyl (C=O) groups excluding carboxylic acids is 1. The molecule has 1 amide bonds. The number of carbonyl (C=O) groups is 1. The minimum Gasteiger partial charge on any atom is -0.507 e. The highest BCUT2D eigenvalue weighted by atomic mass is 32.2. The Labute approximate surface area is 466 Å². The monoisotopic (exact) mass is 1100 g/mol. The van der Waals surface area contributed by atoms with Crippen molar-refractivity contribution in [3.05, 3.63) is 127 Å². The Morgan fingerprint density at radius 1 is 0.613 bits per heavy atom. The maximum absolute atomic E-state index is 14.5. The third-order valence-corrected chi connectivity index (χ3v) is 16.9. The summed E-state index contributed by atoms with van der Waals surface area (Å²) in [5.41, 5.74) is 25.7. The number of piperazine rings is 3. The van der Waals surface area contributed by atoms with Crippen molar-refractivity contribution in [2.75, 3.05) is 117 Å². The van der Waals surface area contributed by atoms with Crippen LogP contribution in [0.1, 0.15) is 32.4 Å². The van der Waals surface area contributed by atoms with E-state index in [1.54, 1.807) is 60.3 Å². The molecule has 418 valence electrons. The average molecular weight is 1110 g/mol. The second kappa shape index (κ2) is 23.5. The third-order valence-electron chi connectivity index (χ3n) is 15.2. The van der Waals surface area contributed by atoms with Crippen molar-refractivity contribution in [3.63, 3.8) is 0 Å². The Balaban J connectivity index is 0.776. The first kappa shape index (κ1) is 55.0. The maximum atomic E-state index is 14.5. The first-order valence-electron chi connectivity index (χ1n) is 26.7. The number of benzene rings is 4. The van der Waals surface area contributed by atoms with Crippen molar-refractivity contribution in [2.45, 2.75) is 45.1 Å². The lowest BCUT2D eigenvalue weighted by molar-refractivity contribution is -0.148. The van der Waals surface area contributed by atoms with Crippen LogP contribution in [0.3, 0.4) is 0 Å². The van der Waals surface area contributed by atoms with E-state index in [9.17, 15) is 18.3 Å². The molecular formula is C57H68N16O6S. The second-order valence-corrected chi connectivity index (χ2v) is 22.5. The molecular weight excluding hydrogens is 1040 g/mol. The van der Waals surface area contributed by atoms with Crippen molar-refractivity contribution in [2.24, 2.45) is 0 Å². The number of para-hydroxylation sites is 3. The molecule has 2 unspecified atom stereocenters. The first-order valence-corrected chi connectivity index (χ1v) is 28.3. The number of anilines is 6. The summed E-state index contributed by atoms with van der Waals surface area (Å²) in [4.78, 5) is 26.7. The standard InChI is InChI=1S/C57H68N16O6S/c1-37-34-70(48-31-44(61-65-54(48)59)41-17-9-12-20-50(41)74)27-29-72(37)56(75)57(67(4)5)79-52-22-14-11-19-43(52)46-33-49(55(60)66-63-46)71-28-30-73(38(2)35-71)80(76,77)36-78-51-21-13-10-18-42(51)45-32-47(53(58)64-62-45)69-25-23-68(24-26-69)39(3)40-15-7-6-8-16-40/h6-22,31-33,37-39,57,74H,23-30,34-36H2,1-5H3,(H2,58,64)(H2,59,65)(H2,60,66)/t37?,38-,39-,57?/m1/s1. The topological polar surface area (TPSA) is 268 Å². The van der Waals surface area contributed by atoms with Crippen LogP contribution in [0.5, 0.6) is 17.2 Å². The molecule has 4 atom stereocenters. The van der Waals surface area contributed by atoms with E-state index in [-0.39, 0.29) is 41.9 Å². The molecule has 3 aliphatic heterocycles. The van der Waals surface area contributed by atoms with Crippen LogP contribution in [0.15, 0.2) is 121 Å². The quantitative estimate of drug-likeness (QED) is 0.0897. The molecule has 4 aromatic carbocycles. The number of rotatable bonds is 16. The number of phenolic OH excluding ortho intramolecular Hbond substituents is 1. The van der Waals surface area contributed by atoms with Gasteiger partial charge in [-0.2, -0.15) is 4.31 Å². The van der Waals surface area contributed by atoms with Crippen LogP contribution in [0.2, 0.25) is 0 Å². The van der Waals surface area contributed by atoms with Crippen molar-refractivity contribution in [1.82, 2.24) is 49.6 Å². The molecule has 0 spiro atoms. The number of aromatic hydroxyl groups is 1. The number of nitrogens with zero attached hydrogens (tertiary/aromatic N) is 13. The van der Waals surface area contributed by atoms with Crippen molar-refractivity contribution in [3.8, 4) is 51.0 Å². The smallest absolute Gasteiger partial charge is 0.279 e. The molecule has 3 fully saturated rings. The number of hydrogen-bond donors (Lipinski definition) is 4. The fourth-order valence-electron chi connectivity index (χ4n) is 10.8. The maximum Gasteiger partial charge on any atom is 0.279 e. The van der Waals surface area contributed by atoms with E-state index < -0.39 is 28.2 Å². The van der Waals surface area contributed by atoms with Crippen LogP contribution in [-0.2, 0) is 14.8 Å². The highest BCUT2D eigenvalue weighted by molar-refractivity contribution is 7.88. The highest BCUT2D eigenvalue weighted by Crippen LogP contribution is 2.38. The number of nitrogens with two attached hydrogens (primary N) is 3. The van der Waals surface area contributed by atoms with Crippen LogP contribution in [-0.4, -0.2) is 173 Å². The van der Waals surface area contributed by atoms with Gasteiger partial charge >= 0.3 is 0 Å². The van der Waals surface area contributed by atoms with Crippen LogP contribution in [0.25, 0.3) is 33.8 Å². The van der Waals surface area contributed by atoms with Gasteiger partial charge in [0.1, 0.15) is 17.2 Å². The number of phenols is 1. The summed E-state index contributed by atoms with van der Waals surface area (Å²) in [7, 11) is -0.382. The first-order chi connectivity index (χ1) is 38.5. The summed E-state index contributed by atoms with van der Waals surface area (Å²) < 4.78 is 42.5. The summed E-state index contributed by atoms with van der Waals surface area (Å²) >= 11 is 0. The van der Waals surface area contributed by atoms with E-state index in [1.165, 1.54) is 9.87 Å². The van der Waals surface area contributed by atoms with E-state index in [0.717, 1.165) is 31.9 Å². The molecule has 22 nitrogen and oxygen atoms in total. The Hall–Kier alpha value is -8.38. The second-order valence-electron chi connectivity index (χ2n) is 20.7. The average Bonchev–Trinajstić information content (AvgIpc) is 3.47. The van der Waals surface area contributed by atoms with Gasteiger partial charge in [-0.25, -0.2) is 8.42 Å². The van der Waals surface area contributed by atoms with E-state index in [1.807, 2.05) is 79.4 Å². The molecule has 10 rings (SSSR count). The molecule has 23 heteroatoms. The van der Waals surface area contributed by atoms with Crippen LogP contribution in [0.4, 0.5) is 34.5 Å². The number of likely N-dealkylation sites (N-methyl/N-ethyl adjacent to an activating group) is 1. The predicted octanol–water partition coefficient (Wildman–Crippen LogP) is 5.27. The van der Waals surface area contributed by atoms with Gasteiger partial charge in [-0.05, 0) is 95.0 Å². The summed E-state index contributed by atoms with van der Waals surface area (Å²) in [5, 5.41) is 36.5. The molecule has 3 aliphatic rings. The van der Waals surface area contributed by atoms with Crippen molar-refractivity contribution in [1.29, 1.82) is 0 Å². The van der Waals surface area contributed by atoms with Gasteiger partial charge in [0, 0.05) is 100 Å². The zero-order valence-corrected chi connectivity index (χ0v) is 46.4. The van der Waals surface area contributed by atoms with E-state index in [4.69, 9.17) is 26.7 Å². The number of amides is 1. The SMILES string of the molecule is CC1CN(c2cc(-c3ccccc3O)nnc2N)CCN1C(=O)C(Oc1ccccc1-c1cc(N2CCN(S(=O)(=O)COc3ccccc3-c3cc(N4CCN([C@H](C)c5ccccc5)CC4)c(N)nn3)[C@H](C)C2)c(N)nn1)N(C)C. The fraction of sp³-hybridized carbons (Fsp3) is 0.351. The summed E-state index contributed by atoms with van der Waals surface area (Å²) in [6.45, 7) is 11.3. The van der Waals surface area contributed by atoms with Crippen LogP contribution < -0.4 is 41.4 Å². The molecule has 3 saturated heterocycles. The molecule has 3 aromatic heterocycles.